The molecule has 0 saturated heterocycles. The first-order chi connectivity index (χ1) is 13.2. The quantitative estimate of drug-likeness (QED) is 0.375. The van der Waals surface area contributed by atoms with E-state index in [2.05, 4.69) is 26.1 Å². The third-order valence-corrected chi connectivity index (χ3v) is 5.54. The molecule has 0 spiro atoms. The molecule has 0 aliphatic carbocycles. The number of ether oxygens (including phenoxy) is 1. The number of aryl methyl sites for hydroxylation is 2. The average molecular weight is 406 g/mol. The molecular formula is C19H24ClN5OS. The fraction of sp³-hybridized carbons (Fsp3) is 0.421. The van der Waals surface area contributed by atoms with Crippen LogP contribution in [0.25, 0.3) is 11.4 Å². The first kappa shape index (κ1) is 19.9. The second-order valence-corrected chi connectivity index (χ2v) is 7.73. The predicted molar refractivity (Wildman–Crippen MR) is 109 cm³/mol. The fourth-order valence-corrected chi connectivity index (χ4v) is 3.97. The summed E-state index contributed by atoms with van der Waals surface area (Å²) in [6.45, 7) is 1.50. The van der Waals surface area contributed by atoms with Crippen LogP contribution in [0.3, 0.4) is 0 Å². The molecule has 144 valence electrons. The van der Waals surface area contributed by atoms with Gasteiger partial charge in [-0.2, -0.15) is 5.10 Å². The summed E-state index contributed by atoms with van der Waals surface area (Å²) in [7, 11) is 3.66. The van der Waals surface area contributed by atoms with Gasteiger partial charge in [0.15, 0.2) is 11.0 Å². The lowest BCUT2D eigenvalue weighted by Gasteiger charge is -2.11. The third kappa shape index (κ3) is 5.34. The number of hydrogen-bond donors (Lipinski definition) is 0. The van der Waals surface area contributed by atoms with Crippen molar-refractivity contribution in [3.8, 4) is 11.4 Å². The van der Waals surface area contributed by atoms with E-state index < -0.39 is 0 Å². The van der Waals surface area contributed by atoms with E-state index >= 15 is 0 Å². The summed E-state index contributed by atoms with van der Waals surface area (Å²) in [4.78, 5) is 0. The maximum absolute atomic E-state index is 6.38. The molecule has 0 amide bonds. The largest absolute Gasteiger partial charge is 0.385 e. The molecule has 2 heterocycles. The van der Waals surface area contributed by atoms with E-state index in [1.165, 1.54) is 5.56 Å². The molecule has 0 fully saturated rings. The first-order valence-electron chi connectivity index (χ1n) is 8.96. The van der Waals surface area contributed by atoms with Crippen LogP contribution in [0.4, 0.5) is 0 Å². The van der Waals surface area contributed by atoms with E-state index in [1.807, 2.05) is 42.2 Å². The molecule has 3 rings (SSSR count). The summed E-state index contributed by atoms with van der Waals surface area (Å²) in [5.74, 6) is 1.78. The number of aromatic nitrogens is 5. The summed E-state index contributed by atoms with van der Waals surface area (Å²) >= 11 is 8.11. The lowest BCUT2D eigenvalue weighted by Crippen LogP contribution is -2.05. The van der Waals surface area contributed by atoms with Gasteiger partial charge in [-0.15, -0.1) is 10.2 Å². The zero-order valence-corrected chi connectivity index (χ0v) is 17.2. The standard InChI is InChI=1S/C19H24ClN5OS/c1-24-14-15(13-21-24)7-5-12-27-19-23-22-18(25(19)10-6-11-26-2)16-8-3-4-9-17(16)20/h3-4,8-9,13-14H,5-7,10-12H2,1-2H3. The molecule has 0 aliphatic heterocycles. The van der Waals surface area contributed by atoms with Crippen LogP contribution in [0.5, 0.6) is 0 Å². The summed E-state index contributed by atoms with van der Waals surface area (Å²) < 4.78 is 9.19. The maximum atomic E-state index is 6.38. The number of benzene rings is 1. The van der Waals surface area contributed by atoms with Gasteiger partial charge in [-0.3, -0.25) is 4.68 Å². The molecule has 0 unspecified atom stereocenters. The van der Waals surface area contributed by atoms with Gasteiger partial charge in [0.05, 0.1) is 11.2 Å². The molecule has 1 aromatic carbocycles. The van der Waals surface area contributed by atoms with Crippen molar-refractivity contribution in [1.29, 1.82) is 0 Å². The van der Waals surface area contributed by atoms with E-state index in [0.29, 0.717) is 11.6 Å². The van der Waals surface area contributed by atoms with E-state index in [1.54, 1.807) is 18.9 Å². The van der Waals surface area contributed by atoms with Crippen LogP contribution in [0.15, 0.2) is 41.8 Å². The smallest absolute Gasteiger partial charge is 0.191 e. The maximum Gasteiger partial charge on any atom is 0.191 e. The zero-order chi connectivity index (χ0) is 19.1. The van der Waals surface area contributed by atoms with Gasteiger partial charge < -0.3 is 9.30 Å². The Balaban J connectivity index is 1.69. The minimum atomic E-state index is 0.686. The van der Waals surface area contributed by atoms with Crippen LogP contribution in [0, 0.1) is 0 Å². The Morgan fingerprint density at radius 2 is 2.04 bits per heavy atom. The van der Waals surface area contributed by atoms with Crippen molar-refractivity contribution in [3.05, 3.63) is 47.2 Å². The molecule has 8 heteroatoms. The van der Waals surface area contributed by atoms with Gasteiger partial charge in [0, 0.05) is 44.8 Å². The van der Waals surface area contributed by atoms with Crippen molar-refractivity contribution in [2.24, 2.45) is 7.05 Å². The number of halogens is 1. The third-order valence-electron chi connectivity index (χ3n) is 4.16. The second kappa shape index (κ2) is 9.92. The Hall–Kier alpha value is -1.83. The SMILES string of the molecule is COCCCn1c(SCCCc2cnn(C)c2)nnc1-c1ccccc1Cl. The molecule has 0 atom stereocenters. The predicted octanol–water partition coefficient (Wildman–Crippen LogP) is 4.09. The Morgan fingerprint density at radius 3 is 2.78 bits per heavy atom. The van der Waals surface area contributed by atoms with Crippen LogP contribution >= 0.6 is 23.4 Å². The lowest BCUT2D eigenvalue weighted by molar-refractivity contribution is 0.189. The number of hydrogen-bond acceptors (Lipinski definition) is 5. The average Bonchev–Trinajstić information content (AvgIpc) is 3.26. The highest BCUT2D eigenvalue weighted by atomic mass is 35.5. The minimum Gasteiger partial charge on any atom is -0.385 e. The Kier molecular flexibility index (Phi) is 7.32. The topological polar surface area (TPSA) is 57.8 Å². The molecule has 3 aromatic rings. The van der Waals surface area contributed by atoms with Crippen molar-refractivity contribution < 1.29 is 4.74 Å². The van der Waals surface area contributed by atoms with E-state index in [4.69, 9.17) is 16.3 Å². The van der Waals surface area contributed by atoms with Gasteiger partial charge in [-0.05, 0) is 37.0 Å². The van der Waals surface area contributed by atoms with Crippen LogP contribution in [0.2, 0.25) is 5.02 Å². The van der Waals surface area contributed by atoms with Gasteiger partial charge in [0.2, 0.25) is 0 Å². The Morgan fingerprint density at radius 1 is 1.19 bits per heavy atom. The van der Waals surface area contributed by atoms with Crippen molar-refractivity contribution >= 4 is 23.4 Å². The minimum absolute atomic E-state index is 0.686. The van der Waals surface area contributed by atoms with E-state index in [9.17, 15) is 0 Å². The summed E-state index contributed by atoms with van der Waals surface area (Å²) in [5.41, 5.74) is 2.17. The molecular weight excluding hydrogens is 382 g/mol. The molecule has 0 saturated carbocycles. The van der Waals surface area contributed by atoms with Crippen LogP contribution in [-0.4, -0.2) is 44.0 Å². The van der Waals surface area contributed by atoms with Gasteiger partial charge in [0.25, 0.3) is 0 Å². The highest BCUT2D eigenvalue weighted by Crippen LogP contribution is 2.29. The molecule has 0 bridgehead atoms. The summed E-state index contributed by atoms with van der Waals surface area (Å²) in [6, 6.07) is 7.75. The molecule has 2 aromatic heterocycles. The zero-order valence-electron chi connectivity index (χ0n) is 15.6. The van der Waals surface area contributed by atoms with Gasteiger partial charge in [-0.25, -0.2) is 0 Å². The van der Waals surface area contributed by atoms with Crippen molar-refractivity contribution in [2.45, 2.75) is 31.0 Å². The Labute approximate surface area is 168 Å². The van der Waals surface area contributed by atoms with Crippen LogP contribution < -0.4 is 0 Å². The molecule has 27 heavy (non-hydrogen) atoms. The highest BCUT2D eigenvalue weighted by molar-refractivity contribution is 7.99. The normalized spacial score (nSPS) is 11.2. The van der Waals surface area contributed by atoms with E-state index in [0.717, 1.165) is 48.1 Å². The number of rotatable bonds is 10. The van der Waals surface area contributed by atoms with Gasteiger partial charge in [-0.1, -0.05) is 35.5 Å². The molecule has 0 aliphatic rings. The van der Waals surface area contributed by atoms with Gasteiger partial charge >= 0.3 is 0 Å². The van der Waals surface area contributed by atoms with Crippen LogP contribution in [0.1, 0.15) is 18.4 Å². The number of methoxy groups -OCH3 is 1. The number of thioether (sulfide) groups is 1. The van der Waals surface area contributed by atoms with E-state index in [-0.39, 0.29) is 0 Å². The molecule has 0 radical (unpaired) electrons. The van der Waals surface area contributed by atoms with Crippen molar-refractivity contribution in [1.82, 2.24) is 24.5 Å². The monoisotopic (exact) mass is 405 g/mol. The summed E-state index contributed by atoms with van der Waals surface area (Å²) in [6.07, 6.45) is 6.95. The van der Waals surface area contributed by atoms with Gasteiger partial charge in [0.1, 0.15) is 0 Å². The molecule has 6 nitrogen and oxygen atoms in total. The Bertz CT molecular complexity index is 863. The number of nitrogens with zero attached hydrogens (tertiary/aromatic N) is 5. The second-order valence-electron chi connectivity index (χ2n) is 6.26. The summed E-state index contributed by atoms with van der Waals surface area (Å²) in [5, 5.41) is 14.7. The van der Waals surface area contributed by atoms with Crippen molar-refractivity contribution in [2.75, 3.05) is 19.5 Å². The molecule has 0 N–H and O–H groups in total. The van der Waals surface area contributed by atoms with Crippen molar-refractivity contribution in [3.63, 3.8) is 0 Å². The first-order valence-corrected chi connectivity index (χ1v) is 10.3. The highest BCUT2D eigenvalue weighted by Gasteiger charge is 2.16. The van der Waals surface area contributed by atoms with Crippen LogP contribution in [-0.2, 0) is 24.8 Å². The lowest BCUT2D eigenvalue weighted by atomic mass is 10.2. The fourth-order valence-electron chi connectivity index (χ4n) is 2.85.